The lowest BCUT2D eigenvalue weighted by Gasteiger charge is -2.12. The van der Waals surface area contributed by atoms with Gasteiger partial charge in [-0.25, -0.2) is 9.97 Å². The van der Waals surface area contributed by atoms with Crippen molar-refractivity contribution in [1.82, 2.24) is 19.5 Å². The number of fused-ring (bicyclic) bond motifs is 2. The zero-order chi connectivity index (χ0) is 20.7. The molecule has 3 aromatic heterocycles. The Kier molecular flexibility index (Phi) is 4.90. The van der Waals surface area contributed by atoms with Gasteiger partial charge >= 0.3 is 0 Å². The van der Waals surface area contributed by atoms with Crippen LogP contribution < -0.4 is 11.1 Å². The molecule has 3 heterocycles. The molecule has 9 heteroatoms. The maximum atomic E-state index is 13.1. The van der Waals surface area contributed by atoms with Crippen LogP contribution in [0, 0.1) is 0 Å². The van der Waals surface area contributed by atoms with E-state index in [0.29, 0.717) is 42.9 Å². The van der Waals surface area contributed by atoms with E-state index < -0.39 is 0 Å². The number of nitrogens with zero attached hydrogens (tertiary/aromatic N) is 3. The van der Waals surface area contributed by atoms with E-state index in [9.17, 15) is 9.59 Å². The highest BCUT2D eigenvalue weighted by Crippen LogP contribution is 2.26. The van der Waals surface area contributed by atoms with Crippen LogP contribution in [0.5, 0.6) is 0 Å². The molecule has 5 rings (SSSR count). The summed E-state index contributed by atoms with van der Waals surface area (Å²) < 4.78 is 1.59. The zero-order valence-electron chi connectivity index (χ0n) is 15.3. The number of hydrogen-bond acceptors (Lipinski definition) is 6. The van der Waals surface area contributed by atoms with Crippen molar-refractivity contribution >= 4 is 55.8 Å². The summed E-state index contributed by atoms with van der Waals surface area (Å²) in [6, 6.07) is 16.1. The van der Waals surface area contributed by atoms with Gasteiger partial charge in [0, 0.05) is 5.02 Å². The third-order valence-electron chi connectivity index (χ3n) is 4.54. The molecule has 0 fully saturated rings. The van der Waals surface area contributed by atoms with Crippen LogP contribution in [-0.4, -0.2) is 19.5 Å². The first-order chi connectivity index (χ1) is 14.6. The number of thiophene rings is 1. The maximum Gasteiger partial charge on any atom is 0.267 e. The van der Waals surface area contributed by atoms with E-state index in [1.807, 2.05) is 35.7 Å². The van der Waals surface area contributed by atoms with Crippen LogP contribution in [0.15, 0.2) is 74.7 Å². The second-order valence-corrected chi connectivity index (χ2v) is 8.75. The Morgan fingerprint density at radius 2 is 1.87 bits per heavy atom. The van der Waals surface area contributed by atoms with Gasteiger partial charge in [0.1, 0.15) is 10.7 Å². The smallest absolute Gasteiger partial charge is 0.267 e. The predicted octanol–water partition coefficient (Wildman–Crippen LogP) is 4.63. The number of benzene rings is 2. The Balaban J connectivity index is 1.58. The SMILES string of the molecule is O=c1[nH]c(CSc2nc3sccc3c(=O)n2-c2ccccc2)nc2cc(Cl)ccc12. The molecule has 0 unspecified atom stereocenters. The average molecular weight is 453 g/mol. The minimum Gasteiger partial charge on any atom is -0.309 e. The summed E-state index contributed by atoms with van der Waals surface area (Å²) in [6.07, 6.45) is 0. The molecular weight excluding hydrogens is 440 g/mol. The van der Waals surface area contributed by atoms with Crippen molar-refractivity contribution in [1.29, 1.82) is 0 Å². The quantitative estimate of drug-likeness (QED) is 0.317. The molecule has 0 radical (unpaired) electrons. The van der Waals surface area contributed by atoms with Crippen LogP contribution in [0.25, 0.3) is 26.8 Å². The second-order valence-electron chi connectivity index (χ2n) is 6.47. The fraction of sp³-hybridized carbons (Fsp3) is 0.0476. The van der Waals surface area contributed by atoms with E-state index in [-0.39, 0.29) is 11.1 Å². The Morgan fingerprint density at radius 3 is 2.70 bits per heavy atom. The van der Waals surface area contributed by atoms with Crippen LogP contribution in [0.1, 0.15) is 5.82 Å². The minimum atomic E-state index is -0.227. The van der Waals surface area contributed by atoms with Crippen molar-refractivity contribution in [2.45, 2.75) is 10.9 Å². The summed E-state index contributed by atoms with van der Waals surface area (Å²) in [5.41, 5.74) is 0.914. The highest BCUT2D eigenvalue weighted by atomic mass is 35.5. The molecule has 6 nitrogen and oxygen atoms in total. The molecule has 0 aliphatic heterocycles. The van der Waals surface area contributed by atoms with E-state index in [4.69, 9.17) is 11.6 Å². The fourth-order valence-electron chi connectivity index (χ4n) is 3.16. The van der Waals surface area contributed by atoms with Gasteiger partial charge in [0.15, 0.2) is 5.16 Å². The van der Waals surface area contributed by atoms with Crippen LogP contribution in [0.4, 0.5) is 0 Å². The van der Waals surface area contributed by atoms with Crippen molar-refractivity contribution in [3.8, 4) is 5.69 Å². The number of halogens is 1. The van der Waals surface area contributed by atoms with Crippen LogP contribution in [0.2, 0.25) is 5.02 Å². The van der Waals surface area contributed by atoms with Crippen molar-refractivity contribution in [2.24, 2.45) is 0 Å². The monoisotopic (exact) mass is 452 g/mol. The van der Waals surface area contributed by atoms with Crippen molar-refractivity contribution < 1.29 is 0 Å². The average Bonchev–Trinajstić information content (AvgIpc) is 3.21. The molecule has 0 aliphatic carbocycles. The number of rotatable bonds is 4. The zero-order valence-corrected chi connectivity index (χ0v) is 17.7. The topological polar surface area (TPSA) is 80.6 Å². The lowest BCUT2D eigenvalue weighted by atomic mass is 10.2. The molecule has 2 aromatic carbocycles. The van der Waals surface area contributed by atoms with Gasteiger partial charge in [0.25, 0.3) is 11.1 Å². The number of para-hydroxylation sites is 1. The Morgan fingerprint density at radius 1 is 1.03 bits per heavy atom. The molecule has 0 saturated carbocycles. The number of H-pyrrole nitrogens is 1. The number of hydrogen-bond donors (Lipinski definition) is 1. The highest BCUT2D eigenvalue weighted by Gasteiger charge is 2.15. The van der Waals surface area contributed by atoms with Gasteiger partial charge in [-0.3, -0.25) is 14.2 Å². The fourth-order valence-corrected chi connectivity index (χ4v) is 5.01. The van der Waals surface area contributed by atoms with Crippen molar-refractivity contribution in [2.75, 3.05) is 0 Å². The van der Waals surface area contributed by atoms with Crippen molar-refractivity contribution in [3.63, 3.8) is 0 Å². The summed E-state index contributed by atoms with van der Waals surface area (Å²) >= 11 is 8.81. The molecule has 0 spiro atoms. The first-order valence-corrected chi connectivity index (χ1v) is 11.2. The molecular formula is C21H13ClN4O2S2. The highest BCUT2D eigenvalue weighted by molar-refractivity contribution is 7.98. The van der Waals surface area contributed by atoms with Gasteiger partial charge in [-0.1, -0.05) is 41.6 Å². The molecule has 148 valence electrons. The second kappa shape index (κ2) is 7.71. The third kappa shape index (κ3) is 3.43. The molecule has 30 heavy (non-hydrogen) atoms. The number of thioether (sulfide) groups is 1. The first-order valence-electron chi connectivity index (χ1n) is 8.97. The van der Waals surface area contributed by atoms with E-state index >= 15 is 0 Å². The lowest BCUT2D eigenvalue weighted by molar-refractivity contribution is 0.821. The molecule has 0 bridgehead atoms. The van der Waals surface area contributed by atoms with Gasteiger partial charge in [-0.15, -0.1) is 11.3 Å². The van der Waals surface area contributed by atoms with Gasteiger partial charge in [0.05, 0.1) is 27.7 Å². The summed E-state index contributed by atoms with van der Waals surface area (Å²) in [5.74, 6) is 0.827. The third-order valence-corrected chi connectivity index (χ3v) is 6.53. The molecule has 1 N–H and O–H groups in total. The normalized spacial score (nSPS) is 11.4. The van der Waals surface area contributed by atoms with Gasteiger partial charge in [0.2, 0.25) is 0 Å². The summed E-state index contributed by atoms with van der Waals surface area (Å²) in [6.45, 7) is 0. The standard InChI is InChI=1S/C21H13ClN4O2S2/c22-12-6-7-14-16(10-12)23-17(24-18(14)27)11-30-21-25-19-15(8-9-29-19)20(28)26(21)13-4-2-1-3-5-13/h1-10H,11H2,(H,23,24,27). The van der Waals surface area contributed by atoms with Gasteiger partial charge in [-0.2, -0.15) is 0 Å². The summed E-state index contributed by atoms with van der Waals surface area (Å²) in [5, 5.41) is 3.97. The van der Waals surface area contributed by atoms with Crippen molar-refractivity contribution in [3.05, 3.63) is 91.5 Å². The molecule has 0 atom stereocenters. The summed E-state index contributed by atoms with van der Waals surface area (Å²) in [7, 11) is 0. The van der Waals surface area contributed by atoms with E-state index in [0.717, 1.165) is 5.69 Å². The van der Waals surface area contributed by atoms with E-state index in [1.54, 1.807) is 28.8 Å². The number of aromatic amines is 1. The van der Waals surface area contributed by atoms with Crippen LogP contribution >= 0.6 is 34.7 Å². The summed E-state index contributed by atoms with van der Waals surface area (Å²) in [4.78, 5) is 38.2. The van der Waals surface area contributed by atoms with E-state index in [2.05, 4.69) is 15.0 Å². The lowest BCUT2D eigenvalue weighted by Crippen LogP contribution is -2.21. The van der Waals surface area contributed by atoms with Gasteiger partial charge in [-0.05, 0) is 41.8 Å². The Bertz CT molecular complexity index is 1510. The largest absolute Gasteiger partial charge is 0.309 e. The molecule has 0 aliphatic rings. The maximum absolute atomic E-state index is 13.1. The first kappa shape index (κ1) is 19.0. The Hall–Kier alpha value is -2.94. The Labute approximate surface area is 183 Å². The number of nitrogens with one attached hydrogen (secondary N) is 1. The van der Waals surface area contributed by atoms with E-state index in [1.165, 1.54) is 23.1 Å². The van der Waals surface area contributed by atoms with Gasteiger partial charge < -0.3 is 4.98 Å². The number of aromatic nitrogens is 4. The minimum absolute atomic E-state index is 0.123. The molecule has 5 aromatic rings. The predicted molar refractivity (Wildman–Crippen MR) is 122 cm³/mol. The molecule has 0 amide bonds. The molecule has 0 saturated heterocycles. The van der Waals surface area contributed by atoms with Crippen LogP contribution in [0.3, 0.4) is 0 Å². The van der Waals surface area contributed by atoms with Crippen LogP contribution in [-0.2, 0) is 5.75 Å².